The Morgan fingerprint density at radius 3 is 2.36 bits per heavy atom. The van der Waals surface area contributed by atoms with E-state index in [1.165, 1.54) is 0 Å². The minimum absolute atomic E-state index is 0.244. The summed E-state index contributed by atoms with van der Waals surface area (Å²) >= 11 is 0. The molecule has 0 radical (unpaired) electrons. The summed E-state index contributed by atoms with van der Waals surface area (Å²) in [6, 6.07) is 18.3. The van der Waals surface area contributed by atoms with Crippen LogP contribution in [0.15, 0.2) is 60.7 Å². The molecule has 0 aliphatic heterocycles. The first-order chi connectivity index (χ1) is 12.0. The van der Waals surface area contributed by atoms with E-state index in [0.29, 0.717) is 11.6 Å². The molecule has 1 aromatic heterocycles. The number of hydrogen-bond donors (Lipinski definition) is 2. The lowest BCUT2D eigenvalue weighted by molar-refractivity contribution is 0.0697. The smallest absolute Gasteiger partial charge is 0.335 e. The summed E-state index contributed by atoms with van der Waals surface area (Å²) in [4.78, 5) is 21.8. The molecule has 0 unspecified atom stereocenters. The third kappa shape index (κ3) is 3.92. The fourth-order valence-electron chi connectivity index (χ4n) is 2.42. The fourth-order valence-corrected chi connectivity index (χ4v) is 2.42. The van der Waals surface area contributed by atoms with Gasteiger partial charge in [0.25, 0.3) is 0 Å². The van der Waals surface area contributed by atoms with Gasteiger partial charge in [0.2, 0.25) is 0 Å². The minimum atomic E-state index is -0.948. The Morgan fingerprint density at radius 2 is 1.72 bits per heavy atom. The second-order valence-corrected chi connectivity index (χ2v) is 5.56. The standard InChI is InChI=1S/C19H18N4O2/c1-13-20-17(22-15-10-8-14(9-11-15)19(24)25)12-18(21-13)23(2)16-6-4-3-5-7-16/h3-12H,1-2H3,(H,24,25)(H,20,21,22). The highest BCUT2D eigenvalue weighted by atomic mass is 16.4. The van der Waals surface area contributed by atoms with Crippen LogP contribution in [0.25, 0.3) is 0 Å². The quantitative estimate of drug-likeness (QED) is 0.734. The molecule has 6 heteroatoms. The van der Waals surface area contributed by atoms with Crippen molar-refractivity contribution in [1.82, 2.24) is 9.97 Å². The van der Waals surface area contributed by atoms with Crippen molar-refractivity contribution in [2.45, 2.75) is 6.92 Å². The topological polar surface area (TPSA) is 78.3 Å². The van der Waals surface area contributed by atoms with Crippen LogP contribution in [-0.4, -0.2) is 28.1 Å². The highest BCUT2D eigenvalue weighted by molar-refractivity contribution is 5.88. The molecule has 3 rings (SSSR count). The maximum Gasteiger partial charge on any atom is 0.335 e. The number of benzene rings is 2. The van der Waals surface area contributed by atoms with Crippen molar-refractivity contribution < 1.29 is 9.90 Å². The number of carboxylic acid groups (broad SMARTS) is 1. The van der Waals surface area contributed by atoms with Crippen LogP contribution in [0.1, 0.15) is 16.2 Å². The molecule has 2 N–H and O–H groups in total. The van der Waals surface area contributed by atoms with Gasteiger partial charge in [0.15, 0.2) is 0 Å². The van der Waals surface area contributed by atoms with E-state index in [1.54, 1.807) is 24.3 Å². The predicted octanol–water partition coefficient (Wildman–Crippen LogP) is 3.99. The number of rotatable bonds is 5. The zero-order valence-corrected chi connectivity index (χ0v) is 14.0. The second kappa shape index (κ2) is 7.00. The number of carbonyl (C=O) groups is 1. The molecular formula is C19H18N4O2. The number of aromatic nitrogens is 2. The van der Waals surface area contributed by atoms with E-state index in [0.717, 1.165) is 17.2 Å². The van der Waals surface area contributed by atoms with Crippen LogP contribution >= 0.6 is 0 Å². The van der Waals surface area contributed by atoms with E-state index in [4.69, 9.17) is 5.11 Å². The Balaban J connectivity index is 1.85. The van der Waals surface area contributed by atoms with Crippen LogP contribution in [0.3, 0.4) is 0 Å². The van der Waals surface area contributed by atoms with Crippen molar-refractivity contribution in [3.8, 4) is 0 Å². The van der Waals surface area contributed by atoms with Gasteiger partial charge >= 0.3 is 5.97 Å². The summed E-state index contributed by atoms with van der Waals surface area (Å²) in [5.41, 5.74) is 2.03. The third-order valence-electron chi connectivity index (χ3n) is 3.72. The van der Waals surface area contributed by atoms with E-state index in [9.17, 15) is 4.79 Å². The molecule has 0 fully saturated rings. The van der Waals surface area contributed by atoms with Gasteiger partial charge in [-0.1, -0.05) is 18.2 Å². The van der Waals surface area contributed by atoms with E-state index in [-0.39, 0.29) is 5.56 Å². The monoisotopic (exact) mass is 334 g/mol. The lowest BCUT2D eigenvalue weighted by Gasteiger charge is -2.19. The maximum absolute atomic E-state index is 10.9. The summed E-state index contributed by atoms with van der Waals surface area (Å²) in [6.45, 7) is 1.83. The van der Waals surface area contributed by atoms with Crippen LogP contribution < -0.4 is 10.2 Å². The summed E-state index contributed by atoms with van der Waals surface area (Å²) < 4.78 is 0. The Bertz CT molecular complexity index is 880. The van der Waals surface area contributed by atoms with Gasteiger partial charge in [-0.05, 0) is 43.3 Å². The number of nitrogens with zero attached hydrogens (tertiary/aromatic N) is 3. The summed E-state index contributed by atoms with van der Waals surface area (Å²) in [7, 11) is 1.95. The molecule has 0 aliphatic carbocycles. The van der Waals surface area contributed by atoms with Gasteiger partial charge in [-0.25, -0.2) is 14.8 Å². The van der Waals surface area contributed by atoms with Gasteiger partial charge in [-0.2, -0.15) is 0 Å². The lowest BCUT2D eigenvalue weighted by atomic mass is 10.2. The van der Waals surface area contributed by atoms with Gasteiger partial charge < -0.3 is 15.3 Å². The first-order valence-corrected chi connectivity index (χ1v) is 7.78. The van der Waals surface area contributed by atoms with E-state index in [2.05, 4.69) is 15.3 Å². The molecule has 1 heterocycles. The van der Waals surface area contributed by atoms with E-state index < -0.39 is 5.97 Å². The SMILES string of the molecule is Cc1nc(Nc2ccc(C(=O)O)cc2)cc(N(C)c2ccccc2)n1. The first kappa shape index (κ1) is 16.4. The lowest BCUT2D eigenvalue weighted by Crippen LogP contribution is -2.12. The zero-order valence-electron chi connectivity index (χ0n) is 14.0. The molecule has 0 spiro atoms. The van der Waals surface area contributed by atoms with Crippen molar-refractivity contribution in [2.75, 3.05) is 17.3 Å². The van der Waals surface area contributed by atoms with Crippen molar-refractivity contribution >= 4 is 29.0 Å². The number of aromatic carboxylic acids is 1. The Morgan fingerprint density at radius 1 is 1.04 bits per heavy atom. The number of nitrogens with one attached hydrogen (secondary N) is 1. The van der Waals surface area contributed by atoms with Gasteiger partial charge in [0.1, 0.15) is 17.5 Å². The molecule has 25 heavy (non-hydrogen) atoms. The number of para-hydroxylation sites is 1. The van der Waals surface area contributed by atoms with Crippen LogP contribution in [0.5, 0.6) is 0 Å². The third-order valence-corrected chi connectivity index (χ3v) is 3.72. The van der Waals surface area contributed by atoms with Crippen LogP contribution in [0.4, 0.5) is 23.0 Å². The Labute approximate surface area is 145 Å². The molecule has 0 saturated carbocycles. The van der Waals surface area contributed by atoms with Gasteiger partial charge in [0, 0.05) is 24.5 Å². The average molecular weight is 334 g/mol. The molecule has 0 aliphatic rings. The summed E-state index contributed by atoms with van der Waals surface area (Å²) in [5.74, 6) is 1.11. The van der Waals surface area contributed by atoms with E-state index in [1.807, 2.05) is 55.3 Å². The second-order valence-electron chi connectivity index (χ2n) is 5.56. The highest BCUT2D eigenvalue weighted by Crippen LogP contribution is 2.24. The van der Waals surface area contributed by atoms with Gasteiger partial charge in [-0.15, -0.1) is 0 Å². The highest BCUT2D eigenvalue weighted by Gasteiger charge is 2.09. The van der Waals surface area contributed by atoms with Crippen LogP contribution in [-0.2, 0) is 0 Å². The Hall–Kier alpha value is -3.41. The maximum atomic E-state index is 10.9. The number of hydrogen-bond acceptors (Lipinski definition) is 5. The molecule has 126 valence electrons. The Kier molecular flexibility index (Phi) is 4.61. The van der Waals surface area contributed by atoms with Gasteiger partial charge in [-0.3, -0.25) is 0 Å². The first-order valence-electron chi connectivity index (χ1n) is 7.78. The average Bonchev–Trinajstić information content (AvgIpc) is 2.62. The largest absolute Gasteiger partial charge is 0.478 e. The van der Waals surface area contributed by atoms with Crippen molar-refractivity contribution in [3.63, 3.8) is 0 Å². The fraction of sp³-hybridized carbons (Fsp3) is 0.105. The van der Waals surface area contributed by atoms with Crippen molar-refractivity contribution in [2.24, 2.45) is 0 Å². The summed E-state index contributed by atoms with van der Waals surface area (Å²) in [5, 5.41) is 12.1. The molecule has 6 nitrogen and oxygen atoms in total. The molecule has 0 atom stereocenters. The molecule has 2 aromatic carbocycles. The number of aryl methyl sites for hydroxylation is 1. The molecular weight excluding hydrogens is 316 g/mol. The number of anilines is 4. The molecule has 3 aromatic rings. The van der Waals surface area contributed by atoms with Crippen LogP contribution in [0, 0.1) is 6.92 Å². The van der Waals surface area contributed by atoms with Crippen molar-refractivity contribution in [1.29, 1.82) is 0 Å². The van der Waals surface area contributed by atoms with Crippen molar-refractivity contribution in [3.05, 3.63) is 72.1 Å². The normalized spacial score (nSPS) is 10.3. The summed E-state index contributed by atoms with van der Waals surface area (Å²) in [6.07, 6.45) is 0. The molecule has 0 saturated heterocycles. The van der Waals surface area contributed by atoms with Gasteiger partial charge in [0.05, 0.1) is 5.56 Å². The predicted molar refractivity (Wildman–Crippen MR) is 98.0 cm³/mol. The number of carboxylic acids is 1. The minimum Gasteiger partial charge on any atom is -0.478 e. The van der Waals surface area contributed by atoms with E-state index >= 15 is 0 Å². The molecule has 0 amide bonds. The zero-order chi connectivity index (χ0) is 17.8. The van der Waals surface area contributed by atoms with Crippen LogP contribution in [0.2, 0.25) is 0 Å². The molecule has 0 bridgehead atoms.